The van der Waals surface area contributed by atoms with Crippen molar-refractivity contribution >= 4 is 34.6 Å². The fourth-order valence-electron chi connectivity index (χ4n) is 4.75. The fourth-order valence-corrected chi connectivity index (χ4v) is 4.75. The Balaban J connectivity index is 1.22. The van der Waals surface area contributed by atoms with E-state index in [2.05, 4.69) is 78.6 Å². The van der Waals surface area contributed by atoms with Gasteiger partial charge in [-0.2, -0.15) is 0 Å². The molecule has 0 amide bonds. The lowest BCUT2D eigenvalue weighted by Gasteiger charge is -2.38. The summed E-state index contributed by atoms with van der Waals surface area (Å²) in [6, 6.07) is 12.5. The second-order valence-corrected chi connectivity index (χ2v) is 9.65. The van der Waals surface area contributed by atoms with Crippen molar-refractivity contribution < 1.29 is 9.13 Å². The first-order valence-electron chi connectivity index (χ1n) is 12.6. The number of benzene rings is 2. The molecule has 1 aliphatic rings. The standard InChI is InChI=1S/C26H34N12/c1-19-15-21(29-31-25-33(3)17-27-35(25)5)7-9-23(19)37-11-13-38(14-12-37)24-10-8-22(16-20(24)2)30-32-26-34(4)18-28-36(26)6/h7-10,15-18H,11-14H2,1-6H3/q+2. The zero-order chi connectivity index (χ0) is 26.8. The topological polar surface area (TPSA) is 99.3 Å². The van der Waals surface area contributed by atoms with Crippen LogP contribution in [0.3, 0.4) is 0 Å². The highest BCUT2D eigenvalue weighted by Gasteiger charge is 2.20. The quantitative estimate of drug-likeness (QED) is 0.290. The average Bonchev–Trinajstić information content (AvgIpc) is 3.40. The van der Waals surface area contributed by atoms with E-state index in [1.54, 1.807) is 22.0 Å². The molecule has 0 spiro atoms. The first-order chi connectivity index (χ1) is 18.3. The van der Waals surface area contributed by atoms with Gasteiger partial charge in [0.2, 0.25) is 12.7 Å². The third-order valence-corrected chi connectivity index (χ3v) is 6.84. The molecule has 196 valence electrons. The lowest BCUT2D eigenvalue weighted by molar-refractivity contribution is -0.659. The van der Waals surface area contributed by atoms with E-state index in [4.69, 9.17) is 0 Å². The first kappa shape index (κ1) is 25.2. The number of azo groups is 2. The van der Waals surface area contributed by atoms with Crippen LogP contribution in [0, 0.1) is 13.8 Å². The van der Waals surface area contributed by atoms with Gasteiger partial charge in [0.1, 0.15) is 0 Å². The van der Waals surface area contributed by atoms with Crippen molar-refractivity contribution in [3.63, 3.8) is 0 Å². The summed E-state index contributed by atoms with van der Waals surface area (Å²) >= 11 is 0. The maximum Gasteiger partial charge on any atom is 0.403 e. The smallest absolute Gasteiger partial charge is 0.368 e. The molecule has 0 aliphatic carbocycles. The van der Waals surface area contributed by atoms with Crippen LogP contribution in [-0.4, -0.2) is 45.7 Å². The molecule has 2 aromatic carbocycles. The van der Waals surface area contributed by atoms with Gasteiger partial charge in [-0.05, 0) is 71.6 Å². The number of hydrogen-bond acceptors (Lipinski definition) is 8. The Bertz CT molecular complexity index is 1350. The molecule has 2 aromatic heterocycles. The van der Waals surface area contributed by atoms with Crippen LogP contribution in [-0.2, 0) is 28.2 Å². The number of aryl methyl sites for hydroxylation is 6. The van der Waals surface area contributed by atoms with E-state index >= 15 is 0 Å². The maximum absolute atomic E-state index is 4.42. The zero-order valence-corrected chi connectivity index (χ0v) is 22.8. The van der Waals surface area contributed by atoms with Crippen LogP contribution in [0.1, 0.15) is 11.1 Å². The van der Waals surface area contributed by atoms with Crippen LogP contribution in [0.4, 0.5) is 34.6 Å². The molecule has 0 radical (unpaired) electrons. The van der Waals surface area contributed by atoms with Crippen molar-refractivity contribution in [2.24, 2.45) is 48.6 Å². The highest BCUT2D eigenvalue weighted by Crippen LogP contribution is 2.30. The number of piperazine rings is 1. The second kappa shape index (κ2) is 10.5. The first-order valence-corrected chi connectivity index (χ1v) is 12.6. The van der Waals surface area contributed by atoms with E-state index in [1.165, 1.54) is 22.5 Å². The normalized spacial score (nSPS) is 14.4. The molecule has 0 unspecified atom stereocenters. The Kier molecular flexibility index (Phi) is 6.95. The van der Waals surface area contributed by atoms with Gasteiger partial charge in [-0.3, -0.25) is 0 Å². The molecule has 4 aromatic rings. The van der Waals surface area contributed by atoms with Crippen LogP contribution in [0.15, 0.2) is 69.5 Å². The highest BCUT2D eigenvalue weighted by atomic mass is 15.4. The van der Waals surface area contributed by atoms with E-state index in [0.29, 0.717) is 11.9 Å². The summed E-state index contributed by atoms with van der Waals surface area (Å²) in [6.45, 7) is 8.06. The predicted molar refractivity (Wildman–Crippen MR) is 144 cm³/mol. The van der Waals surface area contributed by atoms with Gasteiger partial charge >= 0.3 is 11.9 Å². The Hall–Kier alpha value is -4.48. The number of hydrogen-bond donors (Lipinski definition) is 0. The van der Waals surface area contributed by atoms with Gasteiger partial charge in [0.15, 0.2) is 0 Å². The van der Waals surface area contributed by atoms with Gasteiger partial charge in [-0.15, -0.1) is 9.36 Å². The summed E-state index contributed by atoms with van der Waals surface area (Å²) in [5.74, 6) is 1.38. The molecule has 0 atom stereocenters. The molecule has 1 aliphatic heterocycles. The largest absolute Gasteiger partial charge is 0.403 e. The molecule has 12 heteroatoms. The van der Waals surface area contributed by atoms with Gasteiger partial charge < -0.3 is 9.80 Å². The monoisotopic (exact) mass is 514 g/mol. The number of rotatable bonds is 6. The van der Waals surface area contributed by atoms with Gasteiger partial charge in [-0.25, -0.2) is 9.13 Å². The average molecular weight is 515 g/mol. The zero-order valence-electron chi connectivity index (χ0n) is 22.8. The van der Waals surface area contributed by atoms with Crippen molar-refractivity contribution in [3.8, 4) is 0 Å². The Labute approximate surface area is 222 Å². The van der Waals surface area contributed by atoms with Crippen LogP contribution in [0.25, 0.3) is 0 Å². The summed E-state index contributed by atoms with van der Waals surface area (Å²) in [6.07, 6.45) is 3.43. The van der Waals surface area contributed by atoms with E-state index in [1.807, 2.05) is 49.5 Å². The minimum Gasteiger partial charge on any atom is -0.368 e. The van der Waals surface area contributed by atoms with Gasteiger partial charge in [0, 0.05) is 47.8 Å². The van der Waals surface area contributed by atoms with Gasteiger partial charge in [0.05, 0.1) is 39.6 Å². The van der Waals surface area contributed by atoms with E-state index in [9.17, 15) is 0 Å². The van der Waals surface area contributed by atoms with Crippen LogP contribution < -0.4 is 18.9 Å². The van der Waals surface area contributed by atoms with Crippen LogP contribution in [0.5, 0.6) is 0 Å². The summed E-state index contributed by atoms with van der Waals surface area (Å²) in [5.41, 5.74) is 6.53. The molecule has 0 N–H and O–H groups in total. The molecule has 0 bridgehead atoms. The summed E-state index contributed by atoms with van der Waals surface area (Å²) < 4.78 is 7.08. The number of anilines is 2. The number of aromatic nitrogens is 6. The Morgan fingerprint density at radius 3 is 1.34 bits per heavy atom. The Morgan fingerprint density at radius 1 is 0.632 bits per heavy atom. The minimum atomic E-state index is 0.691. The molecule has 5 rings (SSSR count). The van der Waals surface area contributed by atoms with Crippen LogP contribution in [0.2, 0.25) is 0 Å². The second-order valence-electron chi connectivity index (χ2n) is 9.65. The summed E-state index contributed by atoms with van der Waals surface area (Å²) in [7, 11) is 7.52. The summed E-state index contributed by atoms with van der Waals surface area (Å²) in [5, 5.41) is 25.9. The lowest BCUT2D eigenvalue weighted by Crippen LogP contribution is -2.47. The van der Waals surface area contributed by atoms with Crippen molar-refractivity contribution in [3.05, 3.63) is 60.2 Å². The molecule has 1 saturated heterocycles. The molecule has 1 fully saturated rings. The van der Waals surface area contributed by atoms with E-state index < -0.39 is 0 Å². The Morgan fingerprint density at radius 2 is 1.03 bits per heavy atom. The molecular weight excluding hydrogens is 480 g/mol. The van der Waals surface area contributed by atoms with E-state index in [0.717, 1.165) is 37.6 Å². The predicted octanol–water partition coefficient (Wildman–Crippen LogP) is 3.58. The van der Waals surface area contributed by atoms with Gasteiger partial charge in [-0.1, -0.05) is 10.2 Å². The third-order valence-electron chi connectivity index (χ3n) is 6.84. The maximum atomic E-state index is 4.42. The summed E-state index contributed by atoms with van der Waals surface area (Å²) in [4.78, 5) is 4.89. The van der Waals surface area contributed by atoms with Crippen molar-refractivity contribution in [2.45, 2.75) is 13.8 Å². The van der Waals surface area contributed by atoms with Crippen LogP contribution >= 0.6 is 0 Å². The van der Waals surface area contributed by atoms with Crippen molar-refractivity contribution in [2.75, 3.05) is 36.0 Å². The van der Waals surface area contributed by atoms with Crippen molar-refractivity contribution in [1.82, 2.24) is 19.6 Å². The van der Waals surface area contributed by atoms with E-state index in [-0.39, 0.29) is 0 Å². The van der Waals surface area contributed by atoms with Crippen molar-refractivity contribution in [1.29, 1.82) is 0 Å². The molecule has 38 heavy (non-hydrogen) atoms. The minimum absolute atomic E-state index is 0.691. The third kappa shape index (κ3) is 5.15. The highest BCUT2D eigenvalue weighted by molar-refractivity contribution is 5.62. The van der Waals surface area contributed by atoms with Gasteiger partial charge in [0.25, 0.3) is 0 Å². The molecule has 12 nitrogen and oxygen atoms in total. The molecule has 3 heterocycles. The molecular formula is C26H34N12+2. The lowest BCUT2D eigenvalue weighted by atomic mass is 10.1. The fraction of sp³-hybridized carbons (Fsp3) is 0.385. The SMILES string of the molecule is Cc1cc(N=Nc2n(C)nc[n+]2C)ccc1N1CCN(c2ccc(N=Nc3n(C)nc[n+]3C)cc2C)CC1. The number of nitrogens with zero attached hydrogens (tertiary/aromatic N) is 12. The molecule has 0 saturated carbocycles.